The molecule has 0 unspecified atom stereocenters. The molecule has 0 bridgehead atoms. The molecule has 7 heteroatoms. The summed E-state index contributed by atoms with van der Waals surface area (Å²) in [5.41, 5.74) is 5.96. The second kappa shape index (κ2) is 10.0. The maximum absolute atomic E-state index is 12.3. The van der Waals surface area contributed by atoms with Crippen LogP contribution in [0.15, 0.2) is 77.2 Å². The number of hydrogen-bond donors (Lipinski definition) is 3. The lowest BCUT2D eigenvalue weighted by Crippen LogP contribution is -2.50. The summed E-state index contributed by atoms with van der Waals surface area (Å²) in [5.74, 6) is 0.775. The zero-order valence-electron chi connectivity index (χ0n) is 17.8. The van der Waals surface area contributed by atoms with Crippen molar-refractivity contribution in [3.63, 3.8) is 0 Å². The molecule has 4 rings (SSSR count). The van der Waals surface area contributed by atoms with E-state index in [1.165, 1.54) is 5.56 Å². The third-order valence-electron chi connectivity index (χ3n) is 5.83. The maximum atomic E-state index is 12.3. The van der Waals surface area contributed by atoms with Crippen LogP contribution in [-0.4, -0.2) is 18.5 Å². The van der Waals surface area contributed by atoms with Crippen molar-refractivity contribution in [2.45, 2.75) is 37.7 Å². The average molecular weight is 434 g/mol. The molecule has 3 amide bonds. The van der Waals surface area contributed by atoms with E-state index in [2.05, 4.69) is 28.3 Å². The number of carbonyl (C=O) groups is 2. The summed E-state index contributed by atoms with van der Waals surface area (Å²) in [4.78, 5) is 24.6. The number of carbonyl (C=O) groups excluding carboxylic acids is 2. The summed E-state index contributed by atoms with van der Waals surface area (Å²) in [6, 6.07) is 22.4. The van der Waals surface area contributed by atoms with E-state index < -0.39 is 11.9 Å². The van der Waals surface area contributed by atoms with Crippen LogP contribution in [0, 0.1) is 0 Å². The number of para-hydroxylation sites is 1. The highest BCUT2D eigenvalue weighted by atomic mass is 16.5. The van der Waals surface area contributed by atoms with Gasteiger partial charge in [0, 0.05) is 12.0 Å². The van der Waals surface area contributed by atoms with Crippen molar-refractivity contribution in [2.75, 3.05) is 6.54 Å². The van der Waals surface area contributed by atoms with Crippen molar-refractivity contribution < 1.29 is 18.7 Å². The van der Waals surface area contributed by atoms with Gasteiger partial charge in [-0.15, -0.1) is 0 Å². The first-order valence-electron chi connectivity index (χ1n) is 10.8. The van der Waals surface area contributed by atoms with Gasteiger partial charge in [0.05, 0.1) is 0 Å². The fourth-order valence-corrected chi connectivity index (χ4v) is 4.13. The van der Waals surface area contributed by atoms with Crippen molar-refractivity contribution in [3.8, 4) is 5.75 Å². The molecule has 0 atom stereocenters. The molecular formula is C25H27N3O4. The van der Waals surface area contributed by atoms with E-state index in [1.807, 2.05) is 48.5 Å². The number of furan rings is 1. The SMILES string of the molecule is O=C(NCC1(c2ccccc2)CCCC1)NNC(=O)c1ccc(COc2ccccc2)o1. The lowest BCUT2D eigenvalue weighted by Gasteiger charge is -2.30. The fourth-order valence-electron chi connectivity index (χ4n) is 4.13. The molecule has 3 aromatic rings. The Hall–Kier alpha value is -3.74. The molecule has 1 aliphatic carbocycles. The summed E-state index contributed by atoms with van der Waals surface area (Å²) < 4.78 is 11.1. The quantitative estimate of drug-likeness (QED) is 0.484. The smallest absolute Gasteiger partial charge is 0.333 e. The molecule has 7 nitrogen and oxygen atoms in total. The molecule has 0 aliphatic heterocycles. The monoisotopic (exact) mass is 433 g/mol. The van der Waals surface area contributed by atoms with Gasteiger partial charge < -0.3 is 14.5 Å². The first-order valence-corrected chi connectivity index (χ1v) is 10.8. The molecule has 0 saturated heterocycles. The van der Waals surface area contributed by atoms with Gasteiger partial charge in [-0.1, -0.05) is 61.4 Å². The highest BCUT2D eigenvalue weighted by Gasteiger charge is 2.35. The lowest BCUT2D eigenvalue weighted by atomic mass is 9.79. The maximum Gasteiger partial charge on any atom is 0.333 e. The summed E-state index contributed by atoms with van der Waals surface area (Å²) in [6.07, 6.45) is 4.35. The number of hydrazine groups is 1. The minimum Gasteiger partial charge on any atom is -0.486 e. The molecule has 32 heavy (non-hydrogen) atoms. The Morgan fingerprint density at radius 3 is 2.28 bits per heavy atom. The van der Waals surface area contributed by atoms with Crippen LogP contribution < -0.4 is 20.9 Å². The predicted molar refractivity (Wildman–Crippen MR) is 120 cm³/mol. The first-order chi connectivity index (χ1) is 15.6. The van der Waals surface area contributed by atoms with Crippen LogP contribution in [0.3, 0.4) is 0 Å². The Balaban J connectivity index is 1.24. The zero-order valence-corrected chi connectivity index (χ0v) is 17.8. The Labute approximate surface area is 187 Å². The van der Waals surface area contributed by atoms with Crippen molar-refractivity contribution in [2.24, 2.45) is 0 Å². The van der Waals surface area contributed by atoms with Crippen LogP contribution in [0.5, 0.6) is 5.75 Å². The second-order valence-corrected chi connectivity index (χ2v) is 7.98. The van der Waals surface area contributed by atoms with Crippen molar-refractivity contribution in [1.82, 2.24) is 16.2 Å². The van der Waals surface area contributed by atoms with Crippen molar-refractivity contribution in [3.05, 3.63) is 89.9 Å². The van der Waals surface area contributed by atoms with Crippen LogP contribution in [0.25, 0.3) is 0 Å². The molecule has 3 N–H and O–H groups in total. The molecule has 1 fully saturated rings. The van der Waals surface area contributed by atoms with Crippen LogP contribution in [0.1, 0.15) is 47.6 Å². The topological polar surface area (TPSA) is 92.6 Å². The van der Waals surface area contributed by atoms with Crippen LogP contribution in [0.4, 0.5) is 4.79 Å². The Morgan fingerprint density at radius 2 is 1.56 bits per heavy atom. The molecule has 0 radical (unpaired) electrons. The fraction of sp³-hybridized carbons (Fsp3) is 0.280. The summed E-state index contributed by atoms with van der Waals surface area (Å²) in [6.45, 7) is 0.715. The van der Waals surface area contributed by atoms with Crippen LogP contribution >= 0.6 is 0 Å². The van der Waals surface area contributed by atoms with Gasteiger partial charge in [0.2, 0.25) is 0 Å². The Kier molecular flexibility index (Phi) is 6.75. The van der Waals surface area contributed by atoms with E-state index in [0.717, 1.165) is 25.7 Å². The third kappa shape index (κ3) is 5.29. The molecule has 166 valence electrons. The lowest BCUT2D eigenvalue weighted by molar-refractivity contribution is 0.0904. The standard InChI is InChI=1S/C25H27N3O4/c29-23(22-14-13-21(32-22)17-31-20-11-5-2-6-12-20)27-28-24(30)26-18-25(15-7-8-16-25)19-9-3-1-4-10-19/h1-6,9-14H,7-8,15-18H2,(H,27,29)(H2,26,28,30). The average Bonchev–Trinajstić information content (AvgIpc) is 3.52. The number of nitrogens with one attached hydrogen (secondary N) is 3. The van der Waals surface area contributed by atoms with E-state index in [9.17, 15) is 9.59 Å². The van der Waals surface area contributed by atoms with Crippen molar-refractivity contribution in [1.29, 1.82) is 0 Å². The van der Waals surface area contributed by atoms with Crippen LogP contribution in [-0.2, 0) is 12.0 Å². The molecule has 1 aromatic heterocycles. The number of urea groups is 1. The van der Waals surface area contributed by atoms with E-state index in [1.54, 1.807) is 12.1 Å². The summed E-state index contributed by atoms with van der Waals surface area (Å²) >= 11 is 0. The van der Waals surface area contributed by atoms with E-state index in [4.69, 9.17) is 9.15 Å². The molecule has 0 spiro atoms. The number of ether oxygens (including phenoxy) is 1. The first kappa shape index (κ1) is 21.5. The summed E-state index contributed by atoms with van der Waals surface area (Å²) in [5, 5.41) is 2.90. The second-order valence-electron chi connectivity index (χ2n) is 7.98. The van der Waals surface area contributed by atoms with Gasteiger partial charge in [-0.3, -0.25) is 10.2 Å². The number of rotatable bonds is 7. The van der Waals surface area contributed by atoms with Gasteiger partial charge >= 0.3 is 11.9 Å². The molecular weight excluding hydrogens is 406 g/mol. The van der Waals surface area contributed by atoms with Gasteiger partial charge in [0.25, 0.3) is 0 Å². The minimum absolute atomic E-state index is 0.0583. The molecule has 1 aliphatic rings. The van der Waals surface area contributed by atoms with Gasteiger partial charge in [-0.05, 0) is 42.7 Å². The number of benzene rings is 2. The van der Waals surface area contributed by atoms with Crippen LogP contribution in [0.2, 0.25) is 0 Å². The van der Waals surface area contributed by atoms with E-state index in [0.29, 0.717) is 18.1 Å². The van der Waals surface area contributed by atoms with E-state index in [-0.39, 0.29) is 17.8 Å². The number of hydrogen-bond acceptors (Lipinski definition) is 4. The normalized spacial score (nSPS) is 14.5. The third-order valence-corrected chi connectivity index (χ3v) is 5.83. The van der Waals surface area contributed by atoms with Gasteiger partial charge in [0.15, 0.2) is 5.76 Å². The Bertz CT molecular complexity index is 1030. The van der Waals surface area contributed by atoms with E-state index >= 15 is 0 Å². The van der Waals surface area contributed by atoms with Gasteiger partial charge in [0.1, 0.15) is 18.1 Å². The highest BCUT2D eigenvalue weighted by molar-refractivity contribution is 5.92. The minimum atomic E-state index is -0.537. The highest BCUT2D eigenvalue weighted by Crippen LogP contribution is 2.40. The van der Waals surface area contributed by atoms with Gasteiger partial charge in [-0.25, -0.2) is 10.2 Å². The molecule has 2 aromatic carbocycles. The molecule has 1 saturated carbocycles. The zero-order chi connectivity index (χ0) is 22.2. The predicted octanol–water partition coefficient (Wildman–Crippen LogP) is 4.31. The number of amides is 3. The largest absolute Gasteiger partial charge is 0.486 e. The Morgan fingerprint density at radius 1 is 0.875 bits per heavy atom. The summed E-state index contributed by atoms with van der Waals surface area (Å²) in [7, 11) is 0. The molecule has 1 heterocycles. The van der Waals surface area contributed by atoms with Gasteiger partial charge in [-0.2, -0.15) is 0 Å². The van der Waals surface area contributed by atoms with Crippen molar-refractivity contribution >= 4 is 11.9 Å².